The summed E-state index contributed by atoms with van der Waals surface area (Å²) in [6.45, 7) is 2.39. The number of aromatic carboxylic acids is 1. The van der Waals surface area contributed by atoms with Crippen molar-refractivity contribution >= 4 is 16.0 Å². The highest BCUT2D eigenvalue weighted by Gasteiger charge is 2.36. The molecule has 1 fully saturated rings. The summed E-state index contributed by atoms with van der Waals surface area (Å²) in [7, 11) is -3.78. The molecule has 0 heterocycles. The number of phenols is 1. The summed E-state index contributed by atoms with van der Waals surface area (Å²) in [6.07, 6.45) is 4.02. The topological polar surface area (TPSA) is 104 Å². The fraction of sp³-hybridized carbons (Fsp3) is 0.500. The van der Waals surface area contributed by atoms with Gasteiger partial charge in [0.1, 0.15) is 11.3 Å². The number of rotatable bonds is 6. The number of hydrogen-bond donors (Lipinski definition) is 3. The smallest absolute Gasteiger partial charge is 0.339 e. The van der Waals surface area contributed by atoms with Gasteiger partial charge in [0.25, 0.3) is 0 Å². The van der Waals surface area contributed by atoms with Gasteiger partial charge in [-0.05, 0) is 42.9 Å². The van der Waals surface area contributed by atoms with Crippen LogP contribution in [-0.2, 0) is 10.0 Å². The molecule has 1 aromatic carbocycles. The molecule has 1 aliphatic rings. The van der Waals surface area contributed by atoms with Crippen molar-refractivity contribution in [3.05, 3.63) is 23.8 Å². The second-order valence-corrected chi connectivity index (χ2v) is 7.28. The molecular weight excluding hydrogens is 294 g/mol. The van der Waals surface area contributed by atoms with Crippen LogP contribution < -0.4 is 4.72 Å². The monoisotopic (exact) mass is 313 g/mol. The number of sulfonamides is 1. The fourth-order valence-electron chi connectivity index (χ4n) is 2.52. The van der Waals surface area contributed by atoms with Gasteiger partial charge in [-0.1, -0.05) is 13.3 Å². The van der Waals surface area contributed by atoms with Gasteiger partial charge < -0.3 is 10.2 Å². The van der Waals surface area contributed by atoms with E-state index < -0.39 is 27.3 Å². The standard InChI is InChI=1S/C14H19NO5S/c1-2-14(6-3-7-14)9-15-21(19,20)10-4-5-12(16)11(8-10)13(17)18/h4-5,8,15-16H,2-3,6-7,9H2,1H3,(H,17,18). The molecule has 0 amide bonds. The summed E-state index contributed by atoms with van der Waals surface area (Å²) in [5, 5.41) is 18.3. The summed E-state index contributed by atoms with van der Waals surface area (Å²) in [5.74, 6) is -1.82. The maximum atomic E-state index is 12.2. The van der Waals surface area contributed by atoms with Gasteiger partial charge in [-0.2, -0.15) is 0 Å². The first-order chi connectivity index (χ1) is 9.80. The van der Waals surface area contributed by atoms with Crippen LogP contribution >= 0.6 is 0 Å². The number of nitrogens with one attached hydrogen (secondary N) is 1. The second-order valence-electron chi connectivity index (χ2n) is 5.52. The van der Waals surface area contributed by atoms with E-state index in [1.807, 2.05) is 6.92 Å². The van der Waals surface area contributed by atoms with Crippen LogP contribution in [0.2, 0.25) is 0 Å². The van der Waals surface area contributed by atoms with Gasteiger partial charge in [0.15, 0.2) is 0 Å². The van der Waals surface area contributed by atoms with Crippen molar-refractivity contribution in [3.8, 4) is 5.75 Å². The van der Waals surface area contributed by atoms with Crippen LogP contribution in [0, 0.1) is 5.41 Å². The summed E-state index contributed by atoms with van der Waals surface area (Å²) < 4.78 is 27.0. The number of benzene rings is 1. The molecule has 0 spiro atoms. The van der Waals surface area contributed by atoms with E-state index >= 15 is 0 Å². The lowest BCUT2D eigenvalue weighted by molar-refractivity contribution is 0.0693. The van der Waals surface area contributed by atoms with Crippen molar-refractivity contribution in [3.63, 3.8) is 0 Å². The lowest BCUT2D eigenvalue weighted by Gasteiger charge is -2.41. The van der Waals surface area contributed by atoms with Gasteiger partial charge in [-0.15, -0.1) is 0 Å². The van der Waals surface area contributed by atoms with E-state index in [1.54, 1.807) is 0 Å². The Bertz CT molecular complexity index is 644. The minimum Gasteiger partial charge on any atom is -0.507 e. The molecule has 1 aromatic rings. The lowest BCUT2D eigenvalue weighted by atomic mass is 9.67. The quantitative estimate of drug-likeness (QED) is 0.744. The highest BCUT2D eigenvalue weighted by Crippen LogP contribution is 2.43. The average Bonchev–Trinajstić information content (AvgIpc) is 2.37. The third kappa shape index (κ3) is 3.19. The Morgan fingerprint density at radius 3 is 2.52 bits per heavy atom. The van der Waals surface area contributed by atoms with Crippen LogP contribution in [0.3, 0.4) is 0 Å². The molecule has 6 nitrogen and oxygen atoms in total. The Labute approximate surface area is 123 Å². The molecule has 0 aliphatic heterocycles. The largest absolute Gasteiger partial charge is 0.507 e. The third-order valence-corrected chi connectivity index (χ3v) is 5.71. The summed E-state index contributed by atoms with van der Waals surface area (Å²) in [6, 6.07) is 3.25. The van der Waals surface area contributed by atoms with Gasteiger partial charge in [0, 0.05) is 6.54 Å². The maximum Gasteiger partial charge on any atom is 0.339 e. The molecule has 0 radical (unpaired) electrons. The average molecular weight is 313 g/mol. The summed E-state index contributed by atoms with van der Waals surface area (Å²) in [5.41, 5.74) is -0.397. The zero-order valence-corrected chi connectivity index (χ0v) is 12.6. The number of hydrogen-bond acceptors (Lipinski definition) is 4. The molecule has 1 aliphatic carbocycles. The molecular formula is C14H19NO5S. The molecule has 0 bridgehead atoms. The second kappa shape index (κ2) is 5.65. The van der Waals surface area contributed by atoms with Gasteiger partial charge >= 0.3 is 5.97 Å². The molecule has 21 heavy (non-hydrogen) atoms. The van der Waals surface area contributed by atoms with Crippen molar-refractivity contribution in [1.29, 1.82) is 0 Å². The van der Waals surface area contributed by atoms with E-state index in [9.17, 15) is 18.3 Å². The molecule has 2 rings (SSSR count). The van der Waals surface area contributed by atoms with Crippen LogP contribution in [0.4, 0.5) is 0 Å². The minimum absolute atomic E-state index is 0.0274. The van der Waals surface area contributed by atoms with Crippen molar-refractivity contribution < 1.29 is 23.4 Å². The first-order valence-electron chi connectivity index (χ1n) is 6.86. The van der Waals surface area contributed by atoms with Crippen LogP contribution in [0.25, 0.3) is 0 Å². The van der Waals surface area contributed by atoms with Crippen LogP contribution in [0.15, 0.2) is 23.1 Å². The van der Waals surface area contributed by atoms with E-state index in [0.717, 1.165) is 37.8 Å². The van der Waals surface area contributed by atoms with Gasteiger partial charge in [0.2, 0.25) is 10.0 Å². The summed E-state index contributed by atoms with van der Waals surface area (Å²) >= 11 is 0. The van der Waals surface area contributed by atoms with E-state index in [2.05, 4.69) is 4.72 Å². The number of carboxylic acids is 1. The molecule has 7 heteroatoms. The molecule has 0 saturated heterocycles. The lowest BCUT2D eigenvalue weighted by Crippen LogP contribution is -2.41. The Morgan fingerprint density at radius 2 is 2.05 bits per heavy atom. The normalized spacial score (nSPS) is 17.2. The van der Waals surface area contributed by atoms with Gasteiger partial charge in [-0.25, -0.2) is 17.9 Å². The van der Waals surface area contributed by atoms with Crippen molar-refractivity contribution in [2.24, 2.45) is 5.41 Å². The SMILES string of the molecule is CCC1(CNS(=O)(=O)c2ccc(O)c(C(=O)O)c2)CCC1. The van der Waals surface area contributed by atoms with Crippen molar-refractivity contribution in [1.82, 2.24) is 4.72 Å². The highest BCUT2D eigenvalue weighted by atomic mass is 32.2. The van der Waals surface area contributed by atoms with Crippen LogP contribution in [0.1, 0.15) is 43.0 Å². The van der Waals surface area contributed by atoms with E-state index in [-0.39, 0.29) is 10.3 Å². The molecule has 3 N–H and O–H groups in total. The van der Waals surface area contributed by atoms with E-state index in [0.29, 0.717) is 6.54 Å². The zero-order chi connectivity index (χ0) is 15.7. The third-order valence-electron chi connectivity index (χ3n) is 4.31. The number of carboxylic acid groups (broad SMARTS) is 1. The van der Waals surface area contributed by atoms with Gasteiger partial charge in [-0.3, -0.25) is 0 Å². The molecule has 0 unspecified atom stereocenters. The van der Waals surface area contributed by atoms with E-state index in [1.165, 1.54) is 6.07 Å². The Kier molecular flexibility index (Phi) is 4.25. The predicted molar refractivity (Wildman–Crippen MR) is 76.8 cm³/mol. The Morgan fingerprint density at radius 1 is 1.38 bits per heavy atom. The van der Waals surface area contributed by atoms with Crippen molar-refractivity contribution in [2.45, 2.75) is 37.5 Å². The highest BCUT2D eigenvalue weighted by molar-refractivity contribution is 7.89. The Balaban J connectivity index is 2.20. The predicted octanol–water partition coefficient (Wildman–Crippen LogP) is 1.95. The van der Waals surface area contributed by atoms with Gasteiger partial charge in [0.05, 0.1) is 4.90 Å². The molecule has 0 atom stereocenters. The van der Waals surface area contributed by atoms with Crippen molar-refractivity contribution in [2.75, 3.05) is 6.54 Å². The van der Waals surface area contributed by atoms with E-state index in [4.69, 9.17) is 5.11 Å². The zero-order valence-electron chi connectivity index (χ0n) is 11.8. The molecule has 116 valence electrons. The van der Waals surface area contributed by atoms with Crippen LogP contribution in [0.5, 0.6) is 5.75 Å². The Hall–Kier alpha value is -1.60. The minimum atomic E-state index is -3.78. The fourth-order valence-corrected chi connectivity index (χ4v) is 3.70. The maximum absolute atomic E-state index is 12.2. The molecule has 0 aromatic heterocycles. The first kappa shape index (κ1) is 15.8. The summed E-state index contributed by atoms with van der Waals surface area (Å²) in [4.78, 5) is 10.8. The number of carbonyl (C=O) groups is 1. The number of aromatic hydroxyl groups is 1. The van der Waals surface area contributed by atoms with Crippen LogP contribution in [-0.4, -0.2) is 31.1 Å². The molecule has 1 saturated carbocycles. The first-order valence-corrected chi connectivity index (χ1v) is 8.34.